The highest BCUT2D eigenvalue weighted by atomic mass is 35.5. The van der Waals surface area contributed by atoms with Crippen LogP contribution in [0.15, 0.2) is 78.9 Å². The number of halogens is 1. The Morgan fingerprint density at radius 2 is 1.54 bits per heavy atom. The molecule has 2 N–H and O–H groups in total. The third-order valence-electron chi connectivity index (χ3n) is 3.71. The number of hydrogen-bond acceptors (Lipinski definition) is 2. The zero-order chi connectivity index (χ0) is 16.9. The van der Waals surface area contributed by atoms with Crippen LogP contribution in [0.5, 0.6) is 0 Å². The lowest BCUT2D eigenvalue weighted by molar-refractivity contribution is 0.102. The molecule has 3 aromatic carbocycles. The van der Waals surface area contributed by atoms with Crippen LogP contribution >= 0.6 is 11.6 Å². The minimum absolute atomic E-state index is 0.237. The Balaban J connectivity index is 1.93. The van der Waals surface area contributed by atoms with Crippen molar-refractivity contribution in [1.82, 2.24) is 0 Å². The van der Waals surface area contributed by atoms with Crippen LogP contribution < -0.4 is 5.32 Å². The monoisotopic (exact) mass is 337 g/mol. The predicted octanol–water partition coefficient (Wildman–Crippen LogP) is 4.67. The Labute approximate surface area is 145 Å². The standard InChI is InChI=1S/C20H16ClNO2/c21-16-11-12-18(22-20(24)15-9-5-2-6-10-15)17(13-16)19(23)14-7-3-1-4-8-14/h1-13,19,23H,(H,22,24)/t19-/m0/s1. The Morgan fingerprint density at radius 1 is 0.917 bits per heavy atom. The first-order valence-electron chi connectivity index (χ1n) is 7.54. The fourth-order valence-corrected chi connectivity index (χ4v) is 2.65. The maximum atomic E-state index is 12.4. The van der Waals surface area contributed by atoms with Crippen molar-refractivity contribution in [2.45, 2.75) is 6.10 Å². The van der Waals surface area contributed by atoms with Gasteiger partial charge in [0, 0.05) is 21.8 Å². The molecule has 0 fully saturated rings. The van der Waals surface area contributed by atoms with Gasteiger partial charge in [0.25, 0.3) is 5.91 Å². The first-order chi connectivity index (χ1) is 11.6. The maximum Gasteiger partial charge on any atom is 0.255 e. The van der Waals surface area contributed by atoms with Gasteiger partial charge in [0.05, 0.1) is 0 Å². The van der Waals surface area contributed by atoms with E-state index in [1.165, 1.54) is 0 Å². The van der Waals surface area contributed by atoms with Crippen molar-refractivity contribution in [1.29, 1.82) is 0 Å². The lowest BCUT2D eigenvalue weighted by atomic mass is 9.99. The summed E-state index contributed by atoms with van der Waals surface area (Å²) in [5.41, 5.74) is 2.37. The molecular weight excluding hydrogens is 322 g/mol. The first kappa shape index (κ1) is 16.2. The largest absolute Gasteiger partial charge is 0.384 e. The molecule has 1 atom stereocenters. The van der Waals surface area contributed by atoms with E-state index in [1.807, 2.05) is 36.4 Å². The smallest absolute Gasteiger partial charge is 0.255 e. The number of hydrogen-bond donors (Lipinski definition) is 2. The molecule has 0 aliphatic heterocycles. The molecule has 0 heterocycles. The number of carbonyl (C=O) groups excluding carboxylic acids is 1. The summed E-state index contributed by atoms with van der Waals surface area (Å²) < 4.78 is 0. The van der Waals surface area contributed by atoms with Gasteiger partial charge in [-0.3, -0.25) is 4.79 Å². The number of aliphatic hydroxyl groups excluding tert-OH is 1. The molecule has 0 saturated heterocycles. The van der Waals surface area contributed by atoms with Gasteiger partial charge in [0.2, 0.25) is 0 Å². The van der Waals surface area contributed by atoms with E-state index < -0.39 is 6.10 Å². The third-order valence-corrected chi connectivity index (χ3v) is 3.94. The summed E-state index contributed by atoms with van der Waals surface area (Å²) in [5.74, 6) is -0.237. The van der Waals surface area contributed by atoms with Crippen molar-refractivity contribution >= 4 is 23.2 Å². The van der Waals surface area contributed by atoms with Crippen molar-refractivity contribution in [2.24, 2.45) is 0 Å². The molecular formula is C20H16ClNO2. The van der Waals surface area contributed by atoms with Crippen LogP contribution in [0.3, 0.4) is 0 Å². The molecule has 4 heteroatoms. The molecule has 0 aromatic heterocycles. The van der Waals surface area contributed by atoms with E-state index in [-0.39, 0.29) is 5.91 Å². The highest BCUT2D eigenvalue weighted by Crippen LogP contribution is 2.31. The van der Waals surface area contributed by atoms with Gasteiger partial charge in [0.1, 0.15) is 6.10 Å². The number of amides is 1. The summed E-state index contributed by atoms with van der Waals surface area (Å²) in [5, 5.41) is 14.0. The summed E-state index contributed by atoms with van der Waals surface area (Å²) in [6.07, 6.45) is -0.879. The van der Waals surface area contributed by atoms with Crippen molar-refractivity contribution < 1.29 is 9.90 Å². The number of anilines is 1. The maximum absolute atomic E-state index is 12.4. The van der Waals surface area contributed by atoms with Gasteiger partial charge < -0.3 is 10.4 Å². The van der Waals surface area contributed by atoms with Crippen molar-refractivity contribution in [3.63, 3.8) is 0 Å². The molecule has 3 rings (SSSR count). The second-order valence-electron chi connectivity index (χ2n) is 5.36. The van der Waals surface area contributed by atoms with Gasteiger partial charge in [-0.1, -0.05) is 60.1 Å². The van der Waals surface area contributed by atoms with Gasteiger partial charge in [-0.2, -0.15) is 0 Å². The summed E-state index contributed by atoms with van der Waals surface area (Å²) in [6, 6.07) is 23.2. The van der Waals surface area contributed by atoms with E-state index in [2.05, 4.69) is 5.32 Å². The SMILES string of the molecule is O=C(Nc1ccc(Cl)cc1[C@@H](O)c1ccccc1)c1ccccc1. The number of aliphatic hydroxyl groups is 1. The molecule has 120 valence electrons. The molecule has 0 aliphatic carbocycles. The fourth-order valence-electron chi connectivity index (χ4n) is 2.47. The molecule has 3 aromatic rings. The molecule has 1 amide bonds. The van der Waals surface area contributed by atoms with Crippen LogP contribution in [0.25, 0.3) is 0 Å². The normalized spacial score (nSPS) is 11.8. The predicted molar refractivity (Wildman–Crippen MR) is 96.4 cm³/mol. The Kier molecular flexibility index (Phi) is 4.94. The van der Waals surface area contributed by atoms with Crippen LogP contribution in [0.2, 0.25) is 5.02 Å². The van der Waals surface area contributed by atoms with Crippen LogP contribution in [0.1, 0.15) is 27.6 Å². The average molecular weight is 338 g/mol. The minimum Gasteiger partial charge on any atom is -0.384 e. The van der Waals surface area contributed by atoms with Crippen LogP contribution in [-0.2, 0) is 0 Å². The molecule has 0 bridgehead atoms. The lowest BCUT2D eigenvalue weighted by Crippen LogP contribution is -2.14. The number of carbonyl (C=O) groups is 1. The molecule has 0 spiro atoms. The zero-order valence-electron chi connectivity index (χ0n) is 12.8. The minimum atomic E-state index is -0.879. The molecule has 3 nitrogen and oxygen atoms in total. The zero-order valence-corrected chi connectivity index (χ0v) is 13.6. The fraction of sp³-hybridized carbons (Fsp3) is 0.0500. The second kappa shape index (κ2) is 7.30. The van der Waals surface area contributed by atoms with Gasteiger partial charge in [-0.25, -0.2) is 0 Å². The molecule has 0 aliphatic rings. The Bertz CT molecular complexity index is 835. The van der Waals surface area contributed by atoms with Crippen LogP contribution in [0.4, 0.5) is 5.69 Å². The van der Waals surface area contributed by atoms with Gasteiger partial charge >= 0.3 is 0 Å². The molecule has 24 heavy (non-hydrogen) atoms. The van der Waals surface area contributed by atoms with Crippen molar-refractivity contribution in [3.8, 4) is 0 Å². The van der Waals surface area contributed by atoms with Gasteiger partial charge in [0.15, 0.2) is 0 Å². The second-order valence-corrected chi connectivity index (χ2v) is 5.80. The van der Waals surface area contributed by atoms with Crippen molar-refractivity contribution in [3.05, 3.63) is 101 Å². The average Bonchev–Trinajstić information content (AvgIpc) is 2.64. The van der Waals surface area contributed by atoms with E-state index in [1.54, 1.807) is 42.5 Å². The van der Waals surface area contributed by atoms with E-state index in [0.29, 0.717) is 21.8 Å². The lowest BCUT2D eigenvalue weighted by Gasteiger charge is -2.17. The Morgan fingerprint density at radius 3 is 2.21 bits per heavy atom. The summed E-state index contributed by atoms with van der Waals surface area (Å²) in [4.78, 5) is 12.4. The van der Waals surface area contributed by atoms with Crippen LogP contribution in [-0.4, -0.2) is 11.0 Å². The number of rotatable bonds is 4. The molecule has 0 radical (unpaired) electrons. The highest BCUT2D eigenvalue weighted by molar-refractivity contribution is 6.30. The van der Waals surface area contributed by atoms with Crippen molar-refractivity contribution in [2.75, 3.05) is 5.32 Å². The highest BCUT2D eigenvalue weighted by Gasteiger charge is 2.17. The summed E-state index contributed by atoms with van der Waals surface area (Å²) >= 11 is 6.08. The quantitative estimate of drug-likeness (QED) is 0.726. The first-order valence-corrected chi connectivity index (χ1v) is 7.92. The van der Waals surface area contributed by atoms with E-state index in [4.69, 9.17) is 11.6 Å². The van der Waals surface area contributed by atoms with Gasteiger partial charge in [-0.05, 0) is 35.9 Å². The number of benzene rings is 3. The Hall–Kier alpha value is -2.62. The van der Waals surface area contributed by atoms with E-state index >= 15 is 0 Å². The van der Waals surface area contributed by atoms with E-state index in [9.17, 15) is 9.90 Å². The number of nitrogens with one attached hydrogen (secondary N) is 1. The topological polar surface area (TPSA) is 49.3 Å². The van der Waals surface area contributed by atoms with Crippen LogP contribution in [0, 0.1) is 0 Å². The van der Waals surface area contributed by atoms with Gasteiger partial charge in [-0.15, -0.1) is 0 Å². The molecule has 0 unspecified atom stereocenters. The summed E-state index contributed by atoms with van der Waals surface area (Å²) in [6.45, 7) is 0. The summed E-state index contributed by atoms with van der Waals surface area (Å²) in [7, 11) is 0. The van der Waals surface area contributed by atoms with E-state index in [0.717, 1.165) is 5.56 Å². The molecule has 0 saturated carbocycles. The third kappa shape index (κ3) is 3.65.